The topological polar surface area (TPSA) is 38.8 Å². The number of carbonyl (C=O) groups is 1. The maximum atomic E-state index is 12.1. The Morgan fingerprint density at radius 1 is 0.960 bits per heavy atom. The van der Waals surface area contributed by atoms with Crippen LogP contribution >= 0.6 is 0 Å². The van der Waals surface area contributed by atoms with Gasteiger partial charge in [-0.2, -0.15) is 5.06 Å². The summed E-state index contributed by atoms with van der Waals surface area (Å²) in [7, 11) is 0. The Balaban J connectivity index is 1.94. The summed E-state index contributed by atoms with van der Waals surface area (Å²) in [4.78, 5) is 18.6. The maximum Gasteiger partial charge on any atom is 0.306 e. The molecular formula is C21H39NO3. The molecule has 0 aromatic heterocycles. The van der Waals surface area contributed by atoms with Crippen molar-refractivity contribution in [3.8, 4) is 0 Å². The SMILES string of the molecule is CCCCCC(=O)OC1CC(C)(C)N(OC2CCCCC2)C(C)(C)C1. The zero-order chi connectivity index (χ0) is 18.5. The predicted molar refractivity (Wildman–Crippen MR) is 101 cm³/mol. The van der Waals surface area contributed by atoms with Gasteiger partial charge in [-0.05, 0) is 47.0 Å². The van der Waals surface area contributed by atoms with Crippen molar-refractivity contribution in [2.24, 2.45) is 0 Å². The van der Waals surface area contributed by atoms with Gasteiger partial charge in [-0.3, -0.25) is 9.63 Å². The van der Waals surface area contributed by atoms with Crippen LogP contribution in [0.2, 0.25) is 0 Å². The highest BCUT2D eigenvalue weighted by molar-refractivity contribution is 5.69. The van der Waals surface area contributed by atoms with Gasteiger partial charge >= 0.3 is 5.97 Å². The molecule has 0 spiro atoms. The van der Waals surface area contributed by atoms with Gasteiger partial charge in [-0.1, -0.05) is 39.0 Å². The average Bonchev–Trinajstić information content (AvgIpc) is 2.51. The highest BCUT2D eigenvalue weighted by Crippen LogP contribution is 2.41. The van der Waals surface area contributed by atoms with E-state index >= 15 is 0 Å². The summed E-state index contributed by atoms with van der Waals surface area (Å²) in [6.07, 6.45) is 11.9. The Morgan fingerprint density at radius 2 is 1.56 bits per heavy atom. The van der Waals surface area contributed by atoms with Crippen LogP contribution in [0.5, 0.6) is 0 Å². The molecule has 0 aromatic carbocycles. The van der Waals surface area contributed by atoms with Gasteiger partial charge in [0.1, 0.15) is 6.10 Å². The number of unbranched alkanes of at least 4 members (excludes halogenated alkanes) is 2. The van der Waals surface area contributed by atoms with Crippen LogP contribution in [0.25, 0.3) is 0 Å². The molecule has 0 amide bonds. The minimum Gasteiger partial charge on any atom is -0.462 e. The van der Waals surface area contributed by atoms with Crippen molar-refractivity contribution < 1.29 is 14.4 Å². The van der Waals surface area contributed by atoms with Gasteiger partial charge < -0.3 is 4.74 Å². The molecule has 0 bridgehead atoms. The smallest absolute Gasteiger partial charge is 0.306 e. The van der Waals surface area contributed by atoms with Crippen LogP contribution in [0, 0.1) is 0 Å². The van der Waals surface area contributed by atoms with E-state index in [-0.39, 0.29) is 23.2 Å². The van der Waals surface area contributed by atoms with Gasteiger partial charge in [-0.15, -0.1) is 0 Å². The van der Waals surface area contributed by atoms with Crippen LogP contribution < -0.4 is 0 Å². The quantitative estimate of drug-likeness (QED) is 0.454. The number of piperidine rings is 1. The van der Waals surface area contributed by atoms with E-state index in [1.165, 1.54) is 32.1 Å². The second-order valence-electron chi connectivity index (χ2n) is 9.26. The Labute approximate surface area is 154 Å². The molecule has 1 saturated heterocycles. The summed E-state index contributed by atoms with van der Waals surface area (Å²) < 4.78 is 5.83. The summed E-state index contributed by atoms with van der Waals surface area (Å²) in [5.74, 6) is -0.0355. The average molecular weight is 354 g/mol. The molecule has 25 heavy (non-hydrogen) atoms. The first-order valence-electron chi connectivity index (χ1n) is 10.4. The van der Waals surface area contributed by atoms with Crippen molar-refractivity contribution in [3.05, 3.63) is 0 Å². The molecule has 0 radical (unpaired) electrons. The molecule has 1 saturated carbocycles. The predicted octanol–water partition coefficient (Wildman–Crippen LogP) is 5.40. The van der Waals surface area contributed by atoms with E-state index in [9.17, 15) is 4.79 Å². The van der Waals surface area contributed by atoms with E-state index in [1.807, 2.05) is 0 Å². The highest BCUT2D eigenvalue weighted by atomic mass is 16.7. The molecule has 146 valence electrons. The first-order chi connectivity index (χ1) is 11.7. The lowest BCUT2D eigenvalue weighted by atomic mass is 9.80. The molecular weight excluding hydrogens is 314 g/mol. The number of hydrogen-bond acceptors (Lipinski definition) is 4. The molecule has 2 rings (SSSR count). The van der Waals surface area contributed by atoms with Gasteiger partial charge in [0.25, 0.3) is 0 Å². The van der Waals surface area contributed by atoms with Gasteiger partial charge in [-0.25, -0.2) is 0 Å². The zero-order valence-electron chi connectivity index (χ0n) is 17.1. The first-order valence-corrected chi connectivity index (χ1v) is 10.4. The molecule has 0 atom stereocenters. The largest absolute Gasteiger partial charge is 0.462 e. The van der Waals surface area contributed by atoms with Gasteiger partial charge in [0.15, 0.2) is 0 Å². The van der Waals surface area contributed by atoms with Crippen LogP contribution in [0.15, 0.2) is 0 Å². The molecule has 2 aliphatic rings. The van der Waals surface area contributed by atoms with E-state index < -0.39 is 0 Å². The Bertz CT molecular complexity index is 409. The van der Waals surface area contributed by atoms with Crippen LogP contribution in [-0.2, 0) is 14.4 Å². The van der Waals surface area contributed by atoms with Crippen molar-refractivity contribution in [2.75, 3.05) is 0 Å². The van der Waals surface area contributed by atoms with Crippen molar-refractivity contribution in [3.63, 3.8) is 0 Å². The number of ether oxygens (including phenoxy) is 1. The second kappa shape index (κ2) is 8.85. The summed E-state index contributed by atoms with van der Waals surface area (Å²) in [6.45, 7) is 11.0. The Hall–Kier alpha value is -0.610. The minimum absolute atomic E-state index is 0.00895. The van der Waals surface area contributed by atoms with Crippen molar-refractivity contribution in [2.45, 2.75) is 129 Å². The third kappa shape index (κ3) is 5.96. The maximum absolute atomic E-state index is 12.1. The molecule has 2 fully saturated rings. The molecule has 4 heteroatoms. The standard InChI is InChI=1S/C21H39NO3/c1-6-7-9-14-19(23)24-18-15-20(2,3)22(21(4,5)16-18)25-17-12-10-8-11-13-17/h17-18H,6-16H2,1-5H3. The monoisotopic (exact) mass is 353 g/mol. The lowest BCUT2D eigenvalue weighted by Crippen LogP contribution is -2.63. The van der Waals surface area contributed by atoms with Gasteiger partial charge in [0.05, 0.1) is 6.10 Å². The zero-order valence-corrected chi connectivity index (χ0v) is 17.1. The molecule has 4 nitrogen and oxygen atoms in total. The fraction of sp³-hybridized carbons (Fsp3) is 0.952. The first kappa shape index (κ1) is 20.7. The number of hydroxylamine groups is 2. The number of nitrogens with zero attached hydrogens (tertiary/aromatic N) is 1. The number of hydrogen-bond donors (Lipinski definition) is 0. The van der Waals surface area contributed by atoms with Crippen LogP contribution in [0.4, 0.5) is 0 Å². The number of esters is 1. The molecule has 0 unspecified atom stereocenters. The number of rotatable bonds is 7. The van der Waals surface area contributed by atoms with Crippen LogP contribution in [0.3, 0.4) is 0 Å². The van der Waals surface area contributed by atoms with E-state index in [1.54, 1.807) is 0 Å². The highest BCUT2D eigenvalue weighted by Gasteiger charge is 2.48. The molecule has 1 aliphatic carbocycles. The van der Waals surface area contributed by atoms with Crippen molar-refractivity contribution >= 4 is 5.97 Å². The van der Waals surface area contributed by atoms with E-state index in [4.69, 9.17) is 9.57 Å². The second-order valence-corrected chi connectivity index (χ2v) is 9.26. The summed E-state index contributed by atoms with van der Waals surface area (Å²) in [5, 5.41) is 2.22. The van der Waals surface area contributed by atoms with Crippen LogP contribution in [-0.4, -0.2) is 34.3 Å². The van der Waals surface area contributed by atoms with Crippen molar-refractivity contribution in [1.82, 2.24) is 5.06 Å². The van der Waals surface area contributed by atoms with E-state index in [0.717, 1.165) is 32.1 Å². The third-order valence-corrected chi connectivity index (χ3v) is 5.64. The van der Waals surface area contributed by atoms with Crippen LogP contribution in [0.1, 0.15) is 105 Å². The van der Waals surface area contributed by atoms with Gasteiger partial charge in [0, 0.05) is 30.3 Å². The third-order valence-electron chi connectivity index (χ3n) is 5.64. The molecule has 0 N–H and O–H groups in total. The Kier molecular flexibility index (Phi) is 7.33. The molecule has 1 aliphatic heterocycles. The summed E-state index contributed by atoms with van der Waals surface area (Å²) in [6, 6.07) is 0. The van der Waals surface area contributed by atoms with E-state index in [0.29, 0.717) is 12.5 Å². The van der Waals surface area contributed by atoms with Gasteiger partial charge in [0.2, 0.25) is 0 Å². The fourth-order valence-corrected chi connectivity index (χ4v) is 4.62. The molecule has 0 aromatic rings. The molecule has 1 heterocycles. The minimum atomic E-state index is -0.131. The Morgan fingerprint density at radius 3 is 2.12 bits per heavy atom. The van der Waals surface area contributed by atoms with E-state index in [2.05, 4.69) is 39.7 Å². The normalized spacial score (nSPS) is 25.0. The summed E-state index contributed by atoms with van der Waals surface area (Å²) in [5.41, 5.74) is -0.263. The lowest BCUT2D eigenvalue weighted by Gasteiger charge is -2.54. The fourth-order valence-electron chi connectivity index (χ4n) is 4.62. The lowest BCUT2D eigenvalue weighted by molar-refractivity contribution is -0.318. The van der Waals surface area contributed by atoms with Crippen molar-refractivity contribution in [1.29, 1.82) is 0 Å². The number of carbonyl (C=O) groups excluding carboxylic acids is 1. The summed E-state index contributed by atoms with van der Waals surface area (Å²) >= 11 is 0.